The Morgan fingerprint density at radius 3 is 2.60 bits per heavy atom. The van der Waals surface area contributed by atoms with Gasteiger partial charge < -0.3 is 19.5 Å². The van der Waals surface area contributed by atoms with E-state index in [1.54, 1.807) is 0 Å². The van der Waals surface area contributed by atoms with E-state index >= 15 is 0 Å². The standard InChI is InChI=1S/C14H19N3O3/c1-7-6-11(9(3)20-7)8(2)17-10(4)16-12(13(17)15)14(18)19-5/h6,8H,15H2,1-5H3. The van der Waals surface area contributed by atoms with Crippen LogP contribution in [0, 0.1) is 20.8 Å². The van der Waals surface area contributed by atoms with Gasteiger partial charge in [-0.2, -0.15) is 0 Å². The van der Waals surface area contributed by atoms with E-state index < -0.39 is 5.97 Å². The van der Waals surface area contributed by atoms with Crippen LogP contribution < -0.4 is 5.73 Å². The summed E-state index contributed by atoms with van der Waals surface area (Å²) in [4.78, 5) is 15.8. The molecule has 0 radical (unpaired) electrons. The molecule has 0 aromatic carbocycles. The Balaban J connectivity index is 2.50. The van der Waals surface area contributed by atoms with Gasteiger partial charge in [0.05, 0.1) is 13.2 Å². The van der Waals surface area contributed by atoms with Gasteiger partial charge in [0.1, 0.15) is 23.2 Å². The lowest BCUT2D eigenvalue weighted by atomic mass is 10.1. The summed E-state index contributed by atoms with van der Waals surface area (Å²) in [6.45, 7) is 7.60. The number of ether oxygens (including phenoxy) is 1. The summed E-state index contributed by atoms with van der Waals surface area (Å²) in [5.74, 6) is 2.11. The molecule has 0 saturated heterocycles. The molecule has 1 atom stereocenters. The molecule has 0 fully saturated rings. The third kappa shape index (κ3) is 2.17. The lowest BCUT2D eigenvalue weighted by molar-refractivity contribution is 0.0595. The molecular formula is C14H19N3O3. The Bertz CT molecular complexity index is 655. The summed E-state index contributed by atoms with van der Waals surface area (Å²) in [5.41, 5.74) is 7.21. The van der Waals surface area contributed by atoms with Crippen LogP contribution in [0.2, 0.25) is 0 Å². The van der Waals surface area contributed by atoms with Crippen molar-refractivity contribution in [2.45, 2.75) is 33.7 Å². The molecule has 2 aromatic rings. The average molecular weight is 277 g/mol. The Morgan fingerprint density at radius 1 is 1.45 bits per heavy atom. The van der Waals surface area contributed by atoms with Crippen molar-refractivity contribution in [1.29, 1.82) is 0 Å². The number of nitrogens with two attached hydrogens (primary N) is 1. The largest absolute Gasteiger partial charge is 0.466 e. The van der Waals surface area contributed by atoms with Gasteiger partial charge in [0.25, 0.3) is 0 Å². The summed E-state index contributed by atoms with van der Waals surface area (Å²) in [7, 11) is 1.31. The molecule has 2 N–H and O–H groups in total. The molecule has 0 saturated carbocycles. The topological polar surface area (TPSA) is 83.3 Å². The third-order valence-corrected chi connectivity index (χ3v) is 3.42. The zero-order chi connectivity index (χ0) is 15.0. The number of nitrogen functional groups attached to an aromatic ring is 1. The summed E-state index contributed by atoms with van der Waals surface area (Å²) < 4.78 is 12.0. The van der Waals surface area contributed by atoms with Crippen LogP contribution in [0.1, 0.15) is 46.4 Å². The van der Waals surface area contributed by atoms with Crippen molar-refractivity contribution >= 4 is 11.8 Å². The van der Waals surface area contributed by atoms with Crippen LogP contribution >= 0.6 is 0 Å². The maximum atomic E-state index is 11.6. The number of carbonyl (C=O) groups excluding carboxylic acids is 1. The molecule has 0 bridgehead atoms. The van der Waals surface area contributed by atoms with Crippen molar-refractivity contribution in [2.75, 3.05) is 12.8 Å². The molecule has 20 heavy (non-hydrogen) atoms. The van der Waals surface area contributed by atoms with E-state index in [-0.39, 0.29) is 11.7 Å². The van der Waals surface area contributed by atoms with Crippen LogP contribution in [0.3, 0.4) is 0 Å². The first-order valence-electron chi connectivity index (χ1n) is 6.36. The minimum atomic E-state index is -0.531. The van der Waals surface area contributed by atoms with E-state index in [1.165, 1.54) is 7.11 Å². The highest BCUT2D eigenvalue weighted by atomic mass is 16.5. The Kier molecular flexibility index (Phi) is 3.57. The summed E-state index contributed by atoms with van der Waals surface area (Å²) in [5, 5.41) is 0. The molecule has 0 amide bonds. The quantitative estimate of drug-likeness (QED) is 0.871. The first-order chi connectivity index (χ1) is 9.36. The van der Waals surface area contributed by atoms with Crippen LogP contribution in [0.5, 0.6) is 0 Å². The summed E-state index contributed by atoms with van der Waals surface area (Å²) in [6.07, 6.45) is 0. The second kappa shape index (κ2) is 5.03. The van der Waals surface area contributed by atoms with Crippen molar-refractivity contribution in [3.63, 3.8) is 0 Å². The van der Waals surface area contributed by atoms with Gasteiger partial charge >= 0.3 is 5.97 Å². The lowest BCUT2D eigenvalue weighted by Crippen LogP contribution is -2.13. The van der Waals surface area contributed by atoms with Gasteiger partial charge in [-0.25, -0.2) is 9.78 Å². The number of anilines is 1. The van der Waals surface area contributed by atoms with E-state index in [9.17, 15) is 4.79 Å². The monoisotopic (exact) mass is 277 g/mol. The SMILES string of the molecule is COC(=O)c1nc(C)n(C(C)c2cc(C)oc2C)c1N. The number of aromatic nitrogens is 2. The van der Waals surface area contributed by atoms with Gasteiger partial charge in [0.2, 0.25) is 0 Å². The number of methoxy groups -OCH3 is 1. The maximum Gasteiger partial charge on any atom is 0.360 e. The molecule has 0 aliphatic carbocycles. The minimum Gasteiger partial charge on any atom is -0.466 e. The molecular weight excluding hydrogens is 258 g/mol. The number of hydrogen-bond donors (Lipinski definition) is 1. The number of esters is 1. The van der Waals surface area contributed by atoms with Crippen molar-refractivity contribution in [2.24, 2.45) is 0 Å². The highest BCUT2D eigenvalue weighted by Gasteiger charge is 2.24. The molecule has 0 spiro atoms. The Labute approximate surface area is 117 Å². The van der Waals surface area contributed by atoms with Crippen LogP contribution in [-0.2, 0) is 4.74 Å². The van der Waals surface area contributed by atoms with E-state index in [1.807, 2.05) is 38.3 Å². The van der Waals surface area contributed by atoms with Gasteiger partial charge in [-0.1, -0.05) is 0 Å². The molecule has 108 valence electrons. The van der Waals surface area contributed by atoms with E-state index in [2.05, 4.69) is 9.72 Å². The molecule has 6 heteroatoms. The fourth-order valence-corrected chi connectivity index (χ4v) is 2.50. The second-order valence-corrected chi connectivity index (χ2v) is 4.80. The van der Waals surface area contributed by atoms with Crippen LogP contribution in [0.25, 0.3) is 0 Å². The van der Waals surface area contributed by atoms with Crippen molar-refractivity contribution in [1.82, 2.24) is 9.55 Å². The fraction of sp³-hybridized carbons (Fsp3) is 0.429. The predicted octanol–water partition coefficient (Wildman–Crippen LogP) is 2.38. The number of imidazole rings is 1. The third-order valence-electron chi connectivity index (χ3n) is 3.42. The van der Waals surface area contributed by atoms with E-state index in [0.29, 0.717) is 11.6 Å². The fourth-order valence-electron chi connectivity index (χ4n) is 2.50. The van der Waals surface area contributed by atoms with E-state index in [0.717, 1.165) is 17.1 Å². The zero-order valence-corrected chi connectivity index (χ0v) is 12.4. The zero-order valence-electron chi connectivity index (χ0n) is 12.4. The van der Waals surface area contributed by atoms with Crippen LogP contribution in [-0.4, -0.2) is 22.6 Å². The summed E-state index contributed by atoms with van der Waals surface area (Å²) >= 11 is 0. The first-order valence-corrected chi connectivity index (χ1v) is 6.36. The van der Waals surface area contributed by atoms with Crippen molar-refractivity contribution in [3.05, 3.63) is 34.7 Å². The number of hydrogen-bond acceptors (Lipinski definition) is 5. The molecule has 2 heterocycles. The highest BCUT2D eigenvalue weighted by Crippen LogP contribution is 2.29. The lowest BCUT2D eigenvalue weighted by Gasteiger charge is -2.16. The second-order valence-electron chi connectivity index (χ2n) is 4.80. The smallest absolute Gasteiger partial charge is 0.360 e. The maximum absolute atomic E-state index is 11.6. The molecule has 0 aliphatic rings. The predicted molar refractivity (Wildman–Crippen MR) is 74.7 cm³/mol. The Morgan fingerprint density at radius 2 is 2.10 bits per heavy atom. The minimum absolute atomic E-state index is 0.0710. The van der Waals surface area contributed by atoms with Crippen molar-refractivity contribution < 1.29 is 13.9 Å². The van der Waals surface area contributed by atoms with E-state index in [4.69, 9.17) is 10.2 Å². The number of furan rings is 1. The first kappa shape index (κ1) is 14.2. The molecule has 2 aromatic heterocycles. The van der Waals surface area contributed by atoms with Crippen LogP contribution in [0.4, 0.5) is 5.82 Å². The number of nitrogens with zero attached hydrogens (tertiary/aromatic N) is 2. The highest BCUT2D eigenvalue weighted by molar-refractivity contribution is 5.92. The normalized spacial score (nSPS) is 12.4. The molecule has 0 aliphatic heterocycles. The molecule has 6 nitrogen and oxygen atoms in total. The van der Waals surface area contributed by atoms with Crippen molar-refractivity contribution in [3.8, 4) is 0 Å². The number of rotatable bonds is 3. The average Bonchev–Trinajstić information content (AvgIpc) is 2.87. The molecule has 1 unspecified atom stereocenters. The van der Waals surface area contributed by atoms with Crippen LogP contribution in [0.15, 0.2) is 10.5 Å². The molecule has 2 rings (SSSR count). The van der Waals surface area contributed by atoms with Gasteiger partial charge in [0, 0.05) is 5.56 Å². The van der Waals surface area contributed by atoms with Gasteiger partial charge in [-0.15, -0.1) is 0 Å². The Hall–Kier alpha value is -2.24. The van der Waals surface area contributed by atoms with Gasteiger partial charge in [-0.3, -0.25) is 0 Å². The van der Waals surface area contributed by atoms with Gasteiger partial charge in [0.15, 0.2) is 5.69 Å². The summed E-state index contributed by atoms with van der Waals surface area (Å²) in [6, 6.07) is 1.90. The number of carbonyl (C=O) groups is 1. The number of aryl methyl sites for hydroxylation is 3. The van der Waals surface area contributed by atoms with Gasteiger partial charge in [-0.05, 0) is 33.8 Å².